The number of halogens is 3. The summed E-state index contributed by atoms with van der Waals surface area (Å²) in [5.41, 5.74) is 1.78. The van der Waals surface area contributed by atoms with Crippen LogP contribution in [0, 0.1) is 0 Å². The first-order valence-corrected chi connectivity index (χ1v) is 8.94. The zero-order chi connectivity index (χ0) is 21.4. The summed E-state index contributed by atoms with van der Waals surface area (Å²) in [6.45, 7) is 1.65. The van der Waals surface area contributed by atoms with E-state index in [4.69, 9.17) is 21.9 Å². The molecular formula is C20H20F3N3O2S. The summed E-state index contributed by atoms with van der Waals surface area (Å²) in [5.74, 6) is 0. The fourth-order valence-electron chi connectivity index (χ4n) is 2.47. The SMILES string of the molecule is CNC(=S)/C(=N/OC)c1ccccc1CO/N=C(\C)c1cccc(C(F)(F)F)c1. The van der Waals surface area contributed by atoms with Crippen molar-refractivity contribution >= 4 is 28.6 Å². The Morgan fingerprint density at radius 1 is 1.10 bits per heavy atom. The Morgan fingerprint density at radius 3 is 2.48 bits per heavy atom. The topological polar surface area (TPSA) is 55.2 Å². The fourth-order valence-corrected chi connectivity index (χ4v) is 2.62. The highest BCUT2D eigenvalue weighted by atomic mass is 32.1. The van der Waals surface area contributed by atoms with E-state index in [-0.39, 0.29) is 6.61 Å². The molecule has 154 valence electrons. The van der Waals surface area contributed by atoms with Crippen LogP contribution in [-0.2, 0) is 22.5 Å². The van der Waals surface area contributed by atoms with Crippen molar-refractivity contribution in [2.24, 2.45) is 10.3 Å². The van der Waals surface area contributed by atoms with Gasteiger partial charge in [-0.05, 0) is 24.6 Å². The second kappa shape index (κ2) is 10.0. The minimum atomic E-state index is -4.42. The number of oxime groups is 2. The molecule has 0 amide bonds. The zero-order valence-electron chi connectivity index (χ0n) is 16.1. The molecule has 0 heterocycles. The molecule has 1 N–H and O–H groups in total. The maximum Gasteiger partial charge on any atom is 0.416 e. The molecule has 0 aliphatic heterocycles. The maximum absolute atomic E-state index is 12.9. The average Bonchev–Trinajstić information content (AvgIpc) is 2.71. The summed E-state index contributed by atoms with van der Waals surface area (Å²) in [6.07, 6.45) is -4.42. The Labute approximate surface area is 172 Å². The van der Waals surface area contributed by atoms with E-state index < -0.39 is 11.7 Å². The lowest BCUT2D eigenvalue weighted by molar-refractivity contribution is -0.137. The van der Waals surface area contributed by atoms with E-state index in [2.05, 4.69) is 15.6 Å². The number of alkyl halides is 3. The van der Waals surface area contributed by atoms with Gasteiger partial charge >= 0.3 is 6.18 Å². The first-order valence-electron chi connectivity index (χ1n) is 8.53. The highest BCUT2D eigenvalue weighted by Crippen LogP contribution is 2.29. The summed E-state index contributed by atoms with van der Waals surface area (Å²) >= 11 is 5.26. The molecule has 0 saturated heterocycles. The van der Waals surface area contributed by atoms with Gasteiger partial charge in [-0.15, -0.1) is 0 Å². The third kappa shape index (κ3) is 6.02. The number of thiocarbonyl (C=S) groups is 1. The lowest BCUT2D eigenvalue weighted by Crippen LogP contribution is -2.27. The molecule has 0 atom stereocenters. The van der Waals surface area contributed by atoms with Gasteiger partial charge in [-0.25, -0.2) is 0 Å². The van der Waals surface area contributed by atoms with Crippen LogP contribution in [0.2, 0.25) is 0 Å². The van der Waals surface area contributed by atoms with Gasteiger partial charge in [0.2, 0.25) is 0 Å². The van der Waals surface area contributed by atoms with Gasteiger partial charge in [-0.3, -0.25) is 0 Å². The minimum absolute atomic E-state index is 0.0710. The molecule has 2 aromatic carbocycles. The van der Waals surface area contributed by atoms with Crippen molar-refractivity contribution in [3.8, 4) is 0 Å². The average molecular weight is 423 g/mol. The van der Waals surface area contributed by atoms with Gasteiger partial charge in [0, 0.05) is 18.2 Å². The molecule has 0 fully saturated rings. The second-order valence-corrected chi connectivity index (χ2v) is 6.30. The van der Waals surface area contributed by atoms with E-state index in [0.717, 1.165) is 17.7 Å². The van der Waals surface area contributed by atoms with Gasteiger partial charge in [-0.2, -0.15) is 13.2 Å². The molecule has 9 heteroatoms. The third-order valence-corrected chi connectivity index (χ3v) is 4.32. The molecular weight excluding hydrogens is 403 g/mol. The van der Waals surface area contributed by atoms with Gasteiger partial charge in [0.05, 0.1) is 11.3 Å². The quantitative estimate of drug-likeness (QED) is 0.404. The van der Waals surface area contributed by atoms with Gasteiger partial charge in [0.15, 0.2) is 0 Å². The van der Waals surface area contributed by atoms with Crippen LogP contribution in [0.4, 0.5) is 13.2 Å². The molecule has 2 rings (SSSR count). The largest absolute Gasteiger partial charge is 0.416 e. The Kier molecular flexibility index (Phi) is 7.72. The van der Waals surface area contributed by atoms with Crippen molar-refractivity contribution in [1.29, 1.82) is 0 Å². The molecule has 0 saturated carbocycles. The van der Waals surface area contributed by atoms with E-state index in [9.17, 15) is 13.2 Å². The Balaban J connectivity index is 2.21. The smallest absolute Gasteiger partial charge is 0.399 e. The zero-order valence-corrected chi connectivity index (χ0v) is 16.9. The monoisotopic (exact) mass is 423 g/mol. The number of hydrogen-bond donors (Lipinski definition) is 1. The molecule has 0 aromatic heterocycles. The van der Waals surface area contributed by atoms with E-state index in [1.165, 1.54) is 13.2 Å². The Bertz CT molecular complexity index is 927. The van der Waals surface area contributed by atoms with Crippen molar-refractivity contribution < 1.29 is 22.8 Å². The van der Waals surface area contributed by atoms with Crippen LogP contribution in [-0.4, -0.2) is 30.6 Å². The Morgan fingerprint density at radius 2 is 1.83 bits per heavy atom. The van der Waals surface area contributed by atoms with E-state index >= 15 is 0 Å². The lowest BCUT2D eigenvalue weighted by Gasteiger charge is -2.12. The van der Waals surface area contributed by atoms with Gasteiger partial charge in [-0.1, -0.05) is 58.9 Å². The Hall–Kier alpha value is -2.94. The number of likely N-dealkylation sites (N-methyl/N-ethyl adjacent to an activating group) is 1. The molecule has 0 aliphatic carbocycles. The predicted molar refractivity (Wildman–Crippen MR) is 110 cm³/mol. The van der Waals surface area contributed by atoms with Crippen LogP contribution in [0.3, 0.4) is 0 Å². The summed E-state index contributed by atoms with van der Waals surface area (Å²) in [6, 6.07) is 12.2. The van der Waals surface area contributed by atoms with Crippen molar-refractivity contribution in [2.45, 2.75) is 19.7 Å². The molecule has 0 unspecified atom stereocenters. The maximum atomic E-state index is 12.9. The summed E-state index contributed by atoms with van der Waals surface area (Å²) in [5, 5.41) is 10.8. The fraction of sp³-hybridized carbons (Fsp3) is 0.250. The van der Waals surface area contributed by atoms with Crippen LogP contribution in [0.5, 0.6) is 0 Å². The van der Waals surface area contributed by atoms with Crippen LogP contribution in [0.1, 0.15) is 29.2 Å². The predicted octanol–water partition coefficient (Wildman–Crippen LogP) is 4.54. The van der Waals surface area contributed by atoms with Crippen molar-refractivity contribution in [3.05, 3.63) is 70.8 Å². The highest BCUT2D eigenvalue weighted by molar-refractivity contribution is 7.82. The first-order chi connectivity index (χ1) is 13.8. The standard InChI is InChI=1S/C20H20F3N3O2S/c1-13(14-8-6-9-16(11-14)20(21,22)23)25-28-12-15-7-4-5-10-17(15)18(26-27-3)19(29)24-2/h4-11H,12H2,1-3H3,(H,24,29)/b25-13+,26-18+. The molecule has 0 radical (unpaired) electrons. The van der Waals surface area contributed by atoms with Crippen molar-refractivity contribution in [2.75, 3.05) is 14.2 Å². The number of nitrogens with zero attached hydrogens (tertiary/aromatic N) is 2. The summed E-state index contributed by atoms with van der Waals surface area (Å²) < 4.78 is 38.6. The van der Waals surface area contributed by atoms with Gasteiger partial charge in [0.1, 0.15) is 24.4 Å². The molecule has 0 spiro atoms. The number of benzene rings is 2. The number of hydrogen-bond acceptors (Lipinski definition) is 5. The highest BCUT2D eigenvalue weighted by Gasteiger charge is 2.30. The van der Waals surface area contributed by atoms with Crippen molar-refractivity contribution in [1.82, 2.24) is 5.32 Å². The number of rotatable bonds is 7. The first kappa shape index (κ1) is 22.4. The van der Waals surface area contributed by atoms with Gasteiger partial charge < -0.3 is 15.0 Å². The van der Waals surface area contributed by atoms with E-state index in [1.54, 1.807) is 20.0 Å². The third-order valence-electron chi connectivity index (χ3n) is 3.93. The molecule has 0 aliphatic rings. The van der Waals surface area contributed by atoms with Crippen molar-refractivity contribution in [3.63, 3.8) is 0 Å². The molecule has 2 aromatic rings. The second-order valence-electron chi connectivity index (χ2n) is 5.89. The van der Waals surface area contributed by atoms with Crippen LogP contribution in [0.15, 0.2) is 58.8 Å². The molecule has 0 bridgehead atoms. The van der Waals surface area contributed by atoms with E-state index in [1.807, 2.05) is 24.3 Å². The van der Waals surface area contributed by atoms with Crippen LogP contribution >= 0.6 is 12.2 Å². The van der Waals surface area contributed by atoms with Gasteiger partial charge in [0.25, 0.3) is 0 Å². The number of nitrogens with one attached hydrogen (secondary N) is 1. The molecule has 5 nitrogen and oxygen atoms in total. The summed E-state index contributed by atoms with van der Waals surface area (Å²) in [4.78, 5) is 10.7. The normalized spacial score (nSPS) is 12.5. The minimum Gasteiger partial charge on any atom is -0.399 e. The van der Waals surface area contributed by atoms with Crippen LogP contribution < -0.4 is 5.32 Å². The molecule has 29 heavy (non-hydrogen) atoms. The lowest BCUT2D eigenvalue weighted by atomic mass is 10.0. The summed E-state index contributed by atoms with van der Waals surface area (Å²) in [7, 11) is 3.09. The van der Waals surface area contributed by atoms with Crippen LogP contribution in [0.25, 0.3) is 0 Å². The van der Waals surface area contributed by atoms with E-state index in [0.29, 0.717) is 27.5 Å².